The first-order valence-electron chi connectivity index (χ1n) is 8.56. The highest BCUT2D eigenvalue weighted by atomic mass is 16.2. The lowest BCUT2D eigenvalue weighted by Gasteiger charge is -2.14. The molecule has 0 radical (unpaired) electrons. The summed E-state index contributed by atoms with van der Waals surface area (Å²) in [6, 6.07) is 29.5. The normalized spacial score (nSPS) is 13.7. The van der Waals surface area contributed by atoms with Gasteiger partial charge in [0.2, 0.25) is 0 Å². The van der Waals surface area contributed by atoms with Crippen LogP contribution in [0.4, 0.5) is 5.69 Å². The van der Waals surface area contributed by atoms with E-state index in [0.29, 0.717) is 5.57 Å². The zero-order chi connectivity index (χ0) is 17.9. The second-order valence-electron chi connectivity index (χ2n) is 6.12. The van der Waals surface area contributed by atoms with E-state index in [4.69, 9.17) is 0 Å². The van der Waals surface area contributed by atoms with Crippen molar-refractivity contribution in [2.75, 3.05) is 5.01 Å². The number of anilines is 1. The van der Waals surface area contributed by atoms with Crippen molar-refractivity contribution in [1.29, 1.82) is 0 Å². The van der Waals surface area contributed by atoms with Crippen LogP contribution in [0, 0.1) is 0 Å². The van der Waals surface area contributed by atoms with Crippen molar-refractivity contribution < 1.29 is 4.79 Å². The van der Waals surface area contributed by atoms with Crippen molar-refractivity contribution in [2.45, 2.75) is 6.92 Å². The van der Waals surface area contributed by atoms with Gasteiger partial charge in [0.25, 0.3) is 5.91 Å². The van der Waals surface area contributed by atoms with Crippen LogP contribution in [-0.4, -0.2) is 11.6 Å². The predicted molar refractivity (Wildman–Crippen MR) is 106 cm³/mol. The maximum absolute atomic E-state index is 13.3. The molecule has 1 aliphatic heterocycles. The first-order valence-corrected chi connectivity index (χ1v) is 8.56. The van der Waals surface area contributed by atoms with E-state index in [1.807, 2.05) is 97.9 Å². The number of rotatable bonds is 3. The second-order valence-corrected chi connectivity index (χ2v) is 6.12. The maximum Gasteiger partial charge on any atom is 0.281 e. The highest BCUT2D eigenvalue weighted by molar-refractivity contribution is 6.34. The molecule has 1 aliphatic rings. The zero-order valence-corrected chi connectivity index (χ0v) is 14.5. The van der Waals surface area contributed by atoms with Crippen molar-refractivity contribution in [3.05, 3.63) is 108 Å². The topological polar surface area (TPSA) is 32.7 Å². The van der Waals surface area contributed by atoms with Gasteiger partial charge < -0.3 is 0 Å². The molecule has 4 rings (SSSR count). The van der Waals surface area contributed by atoms with E-state index < -0.39 is 0 Å². The van der Waals surface area contributed by atoms with Gasteiger partial charge in [0.15, 0.2) is 0 Å². The van der Waals surface area contributed by atoms with Crippen LogP contribution in [0.15, 0.2) is 102 Å². The summed E-state index contributed by atoms with van der Waals surface area (Å²) in [5.41, 5.74) is 5.06. The third kappa shape index (κ3) is 2.84. The Morgan fingerprint density at radius 3 is 1.69 bits per heavy atom. The van der Waals surface area contributed by atoms with E-state index in [0.717, 1.165) is 28.1 Å². The van der Waals surface area contributed by atoms with Crippen LogP contribution in [0.1, 0.15) is 18.1 Å². The molecule has 0 aromatic heterocycles. The average molecular weight is 338 g/mol. The first-order chi connectivity index (χ1) is 12.8. The van der Waals surface area contributed by atoms with Gasteiger partial charge in [-0.1, -0.05) is 78.9 Å². The summed E-state index contributed by atoms with van der Waals surface area (Å²) in [4.78, 5) is 13.3. The summed E-state index contributed by atoms with van der Waals surface area (Å²) in [7, 11) is 0. The Bertz CT molecular complexity index is 949. The Kier molecular flexibility index (Phi) is 4.20. The monoisotopic (exact) mass is 338 g/mol. The largest absolute Gasteiger partial charge is 0.281 e. The summed E-state index contributed by atoms with van der Waals surface area (Å²) in [5.74, 6) is -0.101. The van der Waals surface area contributed by atoms with E-state index >= 15 is 0 Å². The van der Waals surface area contributed by atoms with Gasteiger partial charge in [-0.3, -0.25) is 4.79 Å². The Morgan fingerprint density at radius 1 is 0.731 bits per heavy atom. The summed E-state index contributed by atoms with van der Waals surface area (Å²) >= 11 is 0. The molecule has 0 bridgehead atoms. The molecular formula is C23H18N2O. The number of carbonyl (C=O) groups is 1. The Balaban J connectivity index is 1.91. The quantitative estimate of drug-likeness (QED) is 0.625. The molecule has 0 saturated carbocycles. The number of nitrogens with zero attached hydrogens (tertiary/aromatic N) is 2. The molecule has 126 valence electrons. The van der Waals surface area contributed by atoms with Gasteiger partial charge in [-0.15, -0.1) is 0 Å². The standard InChI is InChI=1S/C23H18N2O/c1-17-21(23(26)25(24-17)20-15-9-4-10-16-20)22(18-11-5-2-6-12-18)19-13-7-3-8-14-19/h2-16H,1H3. The molecular weight excluding hydrogens is 320 g/mol. The number of hydrogen-bond donors (Lipinski definition) is 0. The number of para-hydroxylation sites is 1. The van der Waals surface area contributed by atoms with Crippen LogP contribution < -0.4 is 5.01 Å². The molecule has 3 nitrogen and oxygen atoms in total. The number of hydrogen-bond acceptors (Lipinski definition) is 2. The summed E-state index contributed by atoms with van der Waals surface area (Å²) in [5, 5.41) is 6.02. The number of hydrazone groups is 1. The predicted octanol–water partition coefficient (Wildman–Crippen LogP) is 4.91. The smallest absolute Gasteiger partial charge is 0.267 e. The molecule has 1 heterocycles. The first kappa shape index (κ1) is 16.0. The lowest BCUT2D eigenvalue weighted by Crippen LogP contribution is -2.22. The summed E-state index contributed by atoms with van der Waals surface area (Å²) < 4.78 is 0. The van der Waals surface area contributed by atoms with E-state index in [1.165, 1.54) is 5.01 Å². The van der Waals surface area contributed by atoms with Gasteiger partial charge in [-0.05, 0) is 30.2 Å². The van der Waals surface area contributed by atoms with Crippen LogP contribution in [0.2, 0.25) is 0 Å². The number of benzene rings is 3. The van der Waals surface area contributed by atoms with Crippen LogP contribution in [0.25, 0.3) is 5.57 Å². The molecule has 3 heteroatoms. The third-order valence-electron chi connectivity index (χ3n) is 4.39. The molecule has 0 aliphatic carbocycles. The van der Waals surface area contributed by atoms with Crippen LogP contribution >= 0.6 is 0 Å². The Hall–Kier alpha value is -3.46. The van der Waals surface area contributed by atoms with Crippen molar-refractivity contribution >= 4 is 22.9 Å². The number of carbonyl (C=O) groups excluding carboxylic acids is 1. The molecule has 0 saturated heterocycles. The van der Waals surface area contributed by atoms with Crippen molar-refractivity contribution in [2.24, 2.45) is 5.10 Å². The van der Waals surface area contributed by atoms with Gasteiger partial charge in [-0.25, -0.2) is 0 Å². The summed E-state index contributed by atoms with van der Waals surface area (Å²) in [6.45, 7) is 1.89. The van der Waals surface area contributed by atoms with Crippen molar-refractivity contribution in [1.82, 2.24) is 0 Å². The maximum atomic E-state index is 13.3. The Labute approximate surface area is 152 Å². The van der Waals surface area contributed by atoms with E-state index in [9.17, 15) is 4.79 Å². The number of amides is 1. The van der Waals surface area contributed by atoms with Gasteiger partial charge >= 0.3 is 0 Å². The molecule has 3 aromatic carbocycles. The minimum absolute atomic E-state index is 0.101. The molecule has 0 N–H and O–H groups in total. The highest BCUT2D eigenvalue weighted by Gasteiger charge is 2.32. The fraction of sp³-hybridized carbons (Fsp3) is 0.0435. The van der Waals surface area contributed by atoms with Gasteiger partial charge in [-0.2, -0.15) is 10.1 Å². The third-order valence-corrected chi connectivity index (χ3v) is 4.39. The molecule has 0 unspecified atom stereocenters. The minimum Gasteiger partial charge on any atom is -0.267 e. The van der Waals surface area contributed by atoms with Crippen molar-refractivity contribution in [3.8, 4) is 0 Å². The van der Waals surface area contributed by atoms with E-state index in [1.54, 1.807) is 0 Å². The van der Waals surface area contributed by atoms with Crippen LogP contribution in [-0.2, 0) is 4.79 Å². The molecule has 0 fully saturated rings. The fourth-order valence-corrected chi connectivity index (χ4v) is 3.20. The molecule has 3 aromatic rings. The van der Waals surface area contributed by atoms with E-state index in [2.05, 4.69) is 5.10 Å². The van der Waals surface area contributed by atoms with Gasteiger partial charge in [0, 0.05) is 5.57 Å². The molecule has 1 amide bonds. The molecule has 26 heavy (non-hydrogen) atoms. The van der Waals surface area contributed by atoms with Crippen LogP contribution in [0.5, 0.6) is 0 Å². The minimum atomic E-state index is -0.101. The second kappa shape index (κ2) is 6.81. The summed E-state index contributed by atoms with van der Waals surface area (Å²) in [6.07, 6.45) is 0. The van der Waals surface area contributed by atoms with E-state index in [-0.39, 0.29) is 5.91 Å². The lowest BCUT2D eigenvalue weighted by atomic mass is 9.91. The highest BCUT2D eigenvalue weighted by Crippen LogP contribution is 2.33. The van der Waals surface area contributed by atoms with Gasteiger partial charge in [0.05, 0.1) is 17.0 Å². The molecule has 0 spiro atoms. The molecule has 0 atom stereocenters. The van der Waals surface area contributed by atoms with Crippen molar-refractivity contribution in [3.63, 3.8) is 0 Å². The lowest BCUT2D eigenvalue weighted by molar-refractivity contribution is -0.114. The SMILES string of the molecule is CC1=NN(c2ccccc2)C(=O)C1=C(c1ccccc1)c1ccccc1. The van der Waals surface area contributed by atoms with Crippen LogP contribution in [0.3, 0.4) is 0 Å². The van der Waals surface area contributed by atoms with Gasteiger partial charge in [0.1, 0.15) is 0 Å². The Morgan fingerprint density at radius 2 is 1.19 bits per heavy atom. The average Bonchev–Trinajstić information content (AvgIpc) is 2.99. The zero-order valence-electron chi connectivity index (χ0n) is 14.5. The fourth-order valence-electron chi connectivity index (χ4n) is 3.20.